The molecule has 118 valence electrons. The van der Waals surface area contributed by atoms with Gasteiger partial charge in [-0.25, -0.2) is 0 Å². The maximum absolute atomic E-state index is 6.25. The molecule has 0 heterocycles. The average Bonchev–Trinajstić information content (AvgIpc) is 2.47. The summed E-state index contributed by atoms with van der Waals surface area (Å²) in [4.78, 5) is 0. The molecule has 0 spiro atoms. The first kappa shape index (κ1) is 16.6. The summed E-state index contributed by atoms with van der Waals surface area (Å²) < 4.78 is 5.60. The van der Waals surface area contributed by atoms with E-state index in [9.17, 15) is 0 Å². The summed E-state index contributed by atoms with van der Waals surface area (Å²) in [6.07, 6.45) is 3.86. The molecule has 0 radical (unpaired) electrons. The molecule has 0 amide bonds. The molecule has 1 aliphatic rings. The second-order valence-corrected chi connectivity index (χ2v) is 7.06. The van der Waals surface area contributed by atoms with Crippen LogP contribution in [0.3, 0.4) is 0 Å². The van der Waals surface area contributed by atoms with Crippen LogP contribution >= 0.6 is 11.6 Å². The summed E-state index contributed by atoms with van der Waals surface area (Å²) in [5.41, 5.74) is 1.29. The fourth-order valence-corrected chi connectivity index (χ4v) is 3.93. The van der Waals surface area contributed by atoms with E-state index in [0.717, 1.165) is 29.2 Å². The molecule has 0 saturated heterocycles. The lowest BCUT2D eigenvalue weighted by Crippen LogP contribution is -2.32. The molecule has 1 N–H and O–H groups in total. The Morgan fingerprint density at radius 2 is 2.10 bits per heavy atom. The fraction of sp³-hybridized carbons (Fsp3) is 0.667. The SMILES string of the molecule is CNCC1CCC(C(C)C)CC1c1cc(Cl)ccc1OC. The summed E-state index contributed by atoms with van der Waals surface area (Å²) in [7, 11) is 3.80. The van der Waals surface area contributed by atoms with E-state index in [0.29, 0.717) is 11.8 Å². The normalized spacial score (nSPS) is 26.1. The van der Waals surface area contributed by atoms with E-state index >= 15 is 0 Å². The zero-order valence-electron chi connectivity index (χ0n) is 13.7. The molecule has 3 atom stereocenters. The number of rotatable bonds is 5. The minimum Gasteiger partial charge on any atom is -0.496 e. The molecule has 0 bridgehead atoms. The van der Waals surface area contributed by atoms with Gasteiger partial charge in [0.05, 0.1) is 7.11 Å². The molecule has 2 nitrogen and oxygen atoms in total. The van der Waals surface area contributed by atoms with Crippen LogP contribution in [0, 0.1) is 17.8 Å². The van der Waals surface area contributed by atoms with Crippen LogP contribution in [0.4, 0.5) is 0 Å². The topological polar surface area (TPSA) is 21.3 Å². The van der Waals surface area contributed by atoms with Crippen molar-refractivity contribution in [1.82, 2.24) is 5.32 Å². The Labute approximate surface area is 134 Å². The standard InChI is InChI=1S/C18H28ClNO/c1-12(2)13-5-6-14(11-20-3)16(9-13)17-10-15(19)7-8-18(17)21-4/h7-8,10,12-14,16,20H,5-6,9,11H2,1-4H3. The molecule has 0 aromatic heterocycles. The van der Waals surface area contributed by atoms with Gasteiger partial charge in [0, 0.05) is 5.02 Å². The molecule has 3 heteroatoms. The molecule has 1 aliphatic carbocycles. The van der Waals surface area contributed by atoms with E-state index in [1.807, 2.05) is 19.2 Å². The van der Waals surface area contributed by atoms with Gasteiger partial charge in [0.25, 0.3) is 0 Å². The third-order valence-corrected chi connectivity index (χ3v) is 5.27. The zero-order chi connectivity index (χ0) is 15.4. The van der Waals surface area contributed by atoms with Gasteiger partial charge in [0.15, 0.2) is 0 Å². The number of nitrogens with one attached hydrogen (secondary N) is 1. The highest BCUT2D eigenvalue weighted by Gasteiger charge is 2.33. The molecule has 0 aliphatic heterocycles. The Kier molecular flexibility index (Phi) is 5.95. The number of hydrogen-bond donors (Lipinski definition) is 1. The molecule has 1 saturated carbocycles. The van der Waals surface area contributed by atoms with E-state index < -0.39 is 0 Å². The summed E-state index contributed by atoms with van der Waals surface area (Å²) in [6.45, 7) is 5.75. The Morgan fingerprint density at radius 1 is 1.33 bits per heavy atom. The zero-order valence-corrected chi connectivity index (χ0v) is 14.4. The first-order valence-electron chi connectivity index (χ1n) is 8.04. The minimum absolute atomic E-state index is 0.534. The Morgan fingerprint density at radius 3 is 2.71 bits per heavy atom. The van der Waals surface area contributed by atoms with E-state index in [2.05, 4.69) is 25.2 Å². The van der Waals surface area contributed by atoms with Gasteiger partial charge < -0.3 is 10.1 Å². The van der Waals surface area contributed by atoms with E-state index in [1.54, 1.807) is 7.11 Å². The van der Waals surface area contributed by atoms with E-state index in [1.165, 1.54) is 24.8 Å². The number of halogens is 1. The third kappa shape index (κ3) is 3.92. The Bertz CT molecular complexity index is 461. The number of ether oxygens (including phenoxy) is 1. The lowest BCUT2D eigenvalue weighted by atomic mass is 9.68. The van der Waals surface area contributed by atoms with Gasteiger partial charge in [0.2, 0.25) is 0 Å². The smallest absolute Gasteiger partial charge is 0.122 e. The van der Waals surface area contributed by atoms with E-state index in [-0.39, 0.29) is 0 Å². The second-order valence-electron chi connectivity index (χ2n) is 6.63. The van der Waals surface area contributed by atoms with Gasteiger partial charge >= 0.3 is 0 Å². The molecule has 1 fully saturated rings. The van der Waals surface area contributed by atoms with Crippen molar-refractivity contribution in [3.05, 3.63) is 28.8 Å². The Balaban J connectivity index is 2.32. The van der Waals surface area contributed by atoms with Gasteiger partial charge in [-0.1, -0.05) is 25.4 Å². The van der Waals surface area contributed by atoms with E-state index in [4.69, 9.17) is 16.3 Å². The molecule has 1 aromatic rings. The van der Waals surface area contributed by atoms with Crippen LogP contribution in [0.1, 0.15) is 44.6 Å². The summed E-state index contributed by atoms with van der Waals surface area (Å²) in [5, 5.41) is 4.17. The van der Waals surface area contributed by atoms with Crippen molar-refractivity contribution in [2.75, 3.05) is 20.7 Å². The van der Waals surface area contributed by atoms with Gasteiger partial charge in [-0.3, -0.25) is 0 Å². The molecule has 2 rings (SSSR count). The lowest BCUT2D eigenvalue weighted by molar-refractivity contribution is 0.190. The van der Waals surface area contributed by atoms with Crippen molar-refractivity contribution in [2.45, 2.75) is 39.0 Å². The van der Waals surface area contributed by atoms with Crippen molar-refractivity contribution >= 4 is 11.6 Å². The van der Waals surface area contributed by atoms with Gasteiger partial charge in [-0.2, -0.15) is 0 Å². The van der Waals surface area contributed by atoms with Crippen LogP contribution in [-0.4, -0.2) is 20.7 Å². The van der Waals surface area contributed by atoms with Crippen LogP contribution < -0.4 is 10.1 Å². The highest BCUT2D eigenvalue weighted by Crippen LogP contribution is 2.46. The number of benzene rings is 1. The predicted octanol–water partition coefficient (Wildman–Crippen LogP) is 4.72. The monoisotopic (exact) mass is 309 g/mol. The molecule has 3 unspecified atom stereocenters. The average molecular weight is 310 g/mol. The molecule has 1 aromatic carbocycles. The minimum atomic E-state index is 0.534. The highest BCUT2D eigenvalue weighted by molar-refractivity contribution is 6.30. The fourth-order valence-electron chi connectivity index (χ4n) is 3.75. The van der Waals surface area contributed by atoms with Gasteiger partial charge in [-0.15, -0.1) is 0 Å². The van der Waals surface area contributed by atoms with Crippen molar-refractivity contribution in [1.29, 1.82) is 0 Å². The quantitative estimate of drug-likeness (QED) is 0.849. The van der Waals surface area contributed by atoms with Crippen LogP contribution in [0.2, 0.25) is 5.02 Å². The first-order valence-corrected chi connectivity index (χ1v) is 8.42. The van der Waals surface area contributed by atoms with Crippen molar-refractivity contribution < 1.29 is 4.74 Å². The third-order valence-electron chi connectivity index (χ3n) is 5.03. The highest BCUT2D eigenvalue weighted by atomic mass is 35.5. The number of hydrogen-bond acceptors (Lipinski definition) is 2. The van der Waals surface area contributed by atoms with Crippen molar-refractivity contribution in [3.8, 4) is 5.75 Å². The van der Waals surface area contributed by atoms with Crippen LogP contribution in [0.15, 0.2) is 18.2 Å². The largest absolute Gasteiger partial charge is 0.496 e. The van der Waals surface area contributed by atoms with Crippen molar-refractivity contribution in [2.24, 2.45) is 17.8 Å². The lowest BCUT2D eigenvalue weighted by Gasteiger charge is -2.38. The first-order chi connectivity index (χ1) is 10.1. The molecule has 21 heavy (non-hydrogen) atoms. The van der Waals surface area contributed by atoms with Gasteiger partial charge in [-0.05, 0) is 80.3 Å². The summed E-state index contributed by atoms with van der Waals surface area (Å²) in [5.74, 6) is 3.72. The van der Waals surface area contributed by atoms with Gasteiger partial charge in [0.1, 0.15) is 5.75 Å². The Hall–Kier alpha value is -0.730. The molecular formula is C18H28ClNO. The van der Waals surface area contributed by atoms with Crippen molar-refractivity contribution in [3.63, 3.8) is 0 Å². The maximum Gasteiger partial charge on any atom is 0.122 e. The number of methoxy groups -OCH3 is 1. The van der Waals surface area contributed by atoms with Crippen LogP contribution in [-0.2, 0) is 0 Å². The predicted molar refractivity (Wildman–Crippen MR) is 90.3 cm³/mol. The van der Waals surface area contributed by atoms with Crippen LogP contribution in [0.5, 0.6) is 5.75 Å². The maximum atomic E-state index is 6.25. The second kappa shape index (κ2) is 7.51. The molecular weight excluding hydrogens is 282 g/mol. The summed E-state index contributed by atoms with van der Waals surface area (Å²) in [6, 6.07) is 6.03. The summed E-state index contributed by atoms with van der Waals surface area (Å²) >= 11 is 6.25. The van der Waals surface area contributed by atoms with Crippen LogP contribution in [0.25, 0.3) is 0 Å².